The molecule has 0 heterocycles. The Morgan fingerprint density at radius 1 is 0.938 bits per heavy atom. The Morgan fingerprint density at radius 2 is 1.38 bits per heavy atom. The Morgan fingerprint density at radius 3 is 1.69 bits per heavy atom. The van der Waals surface area contributed by atoms with Crippen LogP contribution in [0.1, 0.15) is 50.7 Å². The second kappa shape index (κ2) is 5.53. The van der Waals surface area contributed by atoms with Crippen LogP contribution >= 0.6 is 0 Å². The van der Waals surface area contributed by atoms with Gasteiger partial charge in [0.05, 0.1) is 0 Å². The summed E-state index contributed by atoms with van der Waals surface area (Å²) in [6.45, 7) is 13.7. The first-order valence-electron chi connectivity index (χ1n) is 6.13. The largest absolute Gasteiger partial charge is 0.411 e. The molecule has 16 heavy (non-hydrogen) atoms. The summed E-state index contributed by atoms with van der Waals surface area (Å²) in [6, 6.07) is 6.70. The van der Waals surface area contributed by atoms with Crippen LogP contribution in [-0.4, -0.2) is 8.96 Å². The molecule has 0 atom stereocenters. The predicted molar refractivity (Wildman–Crippen MR) is 75.7 cm³/mol. The van der Waals surface area contributed by atoms with Gasteiger partial charge in [-0.15, -0.1) is 0 Å². The van der Waals surface area contributed by atoms with E-state index in [9.17, 15) is 0 Å². The molecule has 0 fully saturated rings. The number of rotatable bonds is 4. The van der Waals surface area contributed by atoms with Crippen molar-refractivity contribution in [3.63, 3.8) is 0 Å². The lowest BCUT2D eigenvalue weighted by atomic mass is 9.93. The van der Waals surface area contributed by atoms with Crippen LogP contribution in [0.3, 0.4) is 0 Å². The van der Waals surface area contributed by atoms with Crippen molar-refractivity contribution < 1.29 is 0 Å². The lowest BCUT2D eigenvalue weighted by Gasteiger charge is -2.22. The highest BCUT2D eigenvalue weighted by Crippen LogP contribution is 2.32. The second-order valence-corrected chi connectivity index (χ2v) is 7.50. The molecule has 0 bridgehead atoms. The summed E-state index contributed by atoms with van der Waals surface area (Å²) in [5, 5.41) is 0. The monoisotopic (exact) mass is 234 g/mol. The van der Waals surface area contributed by atoms with Crippen LogP contribution < -0.4 is 4.98 Å². The zero-order valence-corrected chi connectivity index (χ0v) is 12.4. The molecule has 0 spiro atoms. The summed E-state index contributed by atoms with van der Waals surface area (Å²) in [6.07, 6.45) is 0. The van der Waals surface area contributed by atoms with Gasteiger partial charge in [-0.05, 0) is 23.0 Å². The smallest absolute Gasteiger partial charge is 0.159 e. The van der Waals surface area contributed by atoms with Crippen molar-refractivity contribution in [2.24, 2.45) is 0 Å². The maximum atomic E-state index is 3.71. The number of para-hydroxylation sites is 1. The minimum atomic E-state index is -0.447. The molecular formula is C14H24NSi. The molecule has 0 aliphatic heterocycles. The molecule has 2 heteroatoms. The number of nitrogens with one attached hydrogen (secondary N) is 1. The van der Waals surface area contributed by atoms with Crippen molar-refractivity contribution in [2.45, 2.75) is 52.6 Å². The third-order valence-electron chi connectivity index (χ3n) is 2.75. The average molecular weight is 234 g/mol. The molecule has 89 valence electrons. The molecule has 0 saturated carbocycles. The lowest BCUT2D eigenvalue weighted by molar-refractivity contribution is 0.839. The third kappa shape index (κ3) is 3.11. The van der Waals surface area contributed by atoms with Gasteiger partial charge in [0.1, 0.15) is 0 Å². The Bertz CT molecular complexity index is 316. The minimum absolute atomic E-state index is 0.447. The van der Waals surface area contributed by atoms with E-state index < -0.39 is 8.96 Å². The van der Waals surface area contributed by atoms with Gasteiger partial charge in [-0.25, -0.2) is 0 Å². The van der Waals surface area contributed by atoms with Crippen molar-refractivity contribution >= 4 is 14.6 Å². The van der Waals surface area contributed by atoms with E-state index in [1.165, 1.54) is 16.8 Å². The Kier molecular flexibility index (Phi) is 4.60. The molecule has 1 nitrogen and oxygen atoms in total. The quantitative estimate of drug-likeness (QED) is 0.751. The van der Waals surface area contributed by atoms with E-state index in [2.05, 4.69) is 64.0 Å². The standard InChI is InChI=1S/C14H24NSi/c1-10(2)12-8-7-9-13(11(3)4)14(12)15-16(5)6/h7-11,15H,1-6H3. The third-order valence-corrected chi connectivity index (χ3v) is 3.50. The van der Waals surface area contributed by atoms with E-state index in [1.54, 1.807) is 0 Å². The second-order valence-electron chi connectivity index (χ2n) is 5.25. The molecule has 0 aliphatic carbocycles. The summed E-state index contributed by atoms with van der Waals surface area (Å²) in [5.41, 5.74) is 4.31. The van der Waals surface area contributed by atoms with Crippen LogP contribution in [0.25, 0.3) is 0 Å². The van der Waals surface area contributed by atoms with E-state index in [0.29, 0.717) is 11.8 Å². The lowest BCUT2D eigenvalue weighted by Crippen LogP contribution is -2.18. The van der Waals surface area contributed by atoms with Crippen LogP contribution in [0.5, 0.6) is 0 Å². The summed E-state index contributed by atoms with van der Waals surface area (Å²) >= 11 is 0. The fourth-order valence-corrected chi connectivity index (χ4v) is 2.73. The van der Waals surface area contributed by atoms with Gasteiger partial charge in [0, 0.05) is 5.69 Å². The first kappa shape index (κ1) is 13.3. The Hall–Kier alpha value is -0.763. The van der Waals surface area contributed by atoms with Crippen molar-refractivity contribution in [1.29, 1.82) is 0 Å². The maximum Gasteiger partial charge on any atom is 0.159 e. The Labute approximate surface area is 102 Å². The van der Waals surface area contributed by atoms with Gasteiger partial charge < -0.3 is 4.98 Å². The fraction of sp³-hybridized carbons (Fsp3) is 0.571. The molecule has 1 aromatic rings. The van der Waals surface area contributed by atoms with E-state index in [1.807, 2.05) is 0 Å². The minimum Gasteiger partial charge on any atom is -0.411 e. The van der Waals surface area contributed by atoms with E-state index in [4.69, 9.17) is 0 Å². The zero-order valence-electron chi connectivity index (χ0n) is 11.4. The predicted octanol–water partition coefficient (Wildman–Crippen LogP) is 4.60. The molecular weight excluding hydrogens is 210 g/mol. The van der Waals surface area contributed by atoms with E-state index in [0.717, 1.165) is 0 Å². The topological polar surface area (TPSA) is 12.0 Å². The van der Waals surface area contributed by atoms with E-state index >= 15 is 0 Å². The van der Waals surface area contributed by atoms with E-state index in [-0.39, 0.29) is 0 Å². The fourth-order valence-electron chi connectivity index (χ4n) is 1.95. The van der Waals surface area contributed by atoms with Crippen molar-refractivity contribution in [3.05, 3.63) is 29.3 Å². The van der Waals surface area contributed by atoms with Gasteiger partial charge in [0.25, 0.3) is 0 Å². The number of anilines is 1. The summed E-state index contributed by atoms with van der Waals surface area (Å²) in [7, 11) is -0.447. The van der Waals surface area contributed by atoms with Crippen LogP contribution in [0.15, 0.2) is 18.2 Å². The van der Waals surface area contributed by atoms with Crippen LogP contribution in [0.4, 0.5) is 5.69 Å². The van der Waals surface area contributed by atoms with Crippen LogP contribution in [0.2, 0.25) is 13.1 Å². The number of hydrogen-bond acceptors (Lipinski definition) is 1. The first-order valence-corrected chi connectivity index (χ1v) is 8.63. The molecule has 1 aromatic carbocycles. The van der Waals surface area contributed by atoms with Gasteiger partial charge in [-0.2, -0.15) is 0 Å². The Balaban J connectivity index is 3.23. The highest BCUT2D eigenvalue weighted by molar-refractivity contribution is 6.59. The molecule has 1 rings (SSSR count). The number of benzene rings is 1. The van der Waals surface area contributed by atoms with Crippen LogP contribution in [0, 0.1) is 0 Å². The molecule has 1 radical (unpaired) electrons. The average Bonchev–Trinajstić information content (AvgIpc) is 2.16. The van der Waals surface area contributed by atoms with Crippen molar-refractivity contribution in [2.75, 3.05) is 4.98 Å². The first-order chi connectivity index (χ1) is 7.43. The van der Waals surface area contributed by atoms with Gasteiger partial charge in [0.2, 0.25) is 0 Å². The molecule has 0 aromatic heterocycles. The normalized spacial score (nSPS) is 11.6. The van der Waals surface area contributed by atoms with Crippen LogP contribution in [-0.2, 0) is 0 Å². The number of hydrogen-bond donors (Lipinski definition) is 1. The van der Waals surface area contributed by atoms with Gasteiger partial charge in [-0.1, -0.05) is 59.0 Å². The zero-order chi connectivity index (χ0) is 12.3. The summed E-state index contributed by atoms with van der Waals surface area (Å²) in [4.78, 5) is 3.71. The highest BCUT2D eigenvalue weighted by Gasteiger charge is 2.14. The summed E-state index contributed by atoms with van der Waals surface area (Å²) < 4.78 is 0. The van der Waals surface area contributed by atoms with Gasteiger partial charge >= 0.3 is 0 Å². The molecule has 0 unspecified atom stereocenters. The molecule has 0 amide bonds. The van der Waals surface area contributed by atoms with Crippen molar-refractivity contribution in [1.82, 2.24) is 0 Å². The van der Waals surface area contributed by atoms with Gasteiger partial charge in [-0.3, -0.25) is 0 Å². The van der Waals surface area contributed by atoms with Gasteiger partial charge in [0.15, 0.2) is 8.96 Å². The highest BCUT2D eigenvalue weighted by atomic mass is 28.3. The van der Waals surface area contributed by atoms with Crippen molar-refractivity contribution in [3.8, 4) is 0 Å². The molecule has 0 aliphatic rings. The summed E-state index contributed by atoms with van der Waals surface area (Å²) in [5.74, 6) is 1.17. The SMILES string of the molecule is CC(C)c1cccc(C(C)C)c1N[Si](C)C. The molecule has 0 saturated heterocycles. The molecule has 1 N–H and O–H groups in total. The maximum absolute atomic E-state index is 3.71.